The summed E-state index contributed by atoms with van der Waals surface area (Å²) in [5.74, 6) is 0.643. The van der Waals surface area contributed by atoms with Gasteiger partial charge in [-0.3, -0.25) is 4.79 Å². The maximum atomic E-state index is 12.1. The Bertz CT molecular complexity index is 994. The first-order valence-electron chi connectivity index (χ1n) is 10.2. The van der Waals surface area contributed by atoms with Gasteiger partial charge < -0.3 is 15.4 Å². The molecule has 3 aromatic rings. The summed E-state index contributed by atoms with van der Waals surface area (Å²) < 4.78 is 5.79. The lowest BCUT2D eigenvalue weighted by Crippen LogP contribution is -2.34. The van der Waals surface area contributed by atoms with E-state index in [1.807, 2.05) is 66.7 Å². The van der Waals surface area contributed by atoms with Crippen LogP contribution in [0.3, 0.4) is 0 Å². The van der Waals surface area contributed by atoms with Crippen molar-refractivity contribution in [2.24, 2.45) is 0 Å². The van der Waals surface area contributed by atoms with Crippen LogP contribution in [0.15, 0.2) is 78.9 Å². The monoisotopic (exact) mass is 452 g/mol. The Labute approximate surface area is 193 Å². The van der Waals surface area contributed by atoms with E-state index in [1.54, 1.807) is 0 Å². The minimum absolute atomic E-state index is 0.157. The molecule has 31 heavy (non-hydrogen) atoms. The van der Waals surface area contributed by atoms with Gasteiger partial charge >= 0.3 is 0 Å². The van der Waals surface area contributed by atoms with Crippen molar-refractivity contribution in [2.45, 2.75) is 25.7 Å². The maximum Gasteiger partial charge on any atom is 0.226 e. The van der Waals surface area contributed by atoms with Gasteiger partial charge in [0.25, 0.3) is 0 Å². The molecule has 0 radical (unpaired) electrons. The van der Waals surface area contributed by atoms with Gasteiger partial charge in [-0.15, -0.1) is 0 Å². The number of carbonyl (C=O) groups excluding carboxylic acids is 1. The SMILES string of the molecule is O=C(CCc1ccccc1Cl)NC(=S)Nc1ccc(OCCCc2ccccc2)cc1. The summed E-state index contributed by atoms with van der Waals surface area (Å²) in [6.45, 7) is 0.654. The number of amides is 1. The van der Waals surface area contributed by atoms with Gasteiger partial charge in [-0.2, -0.15) is 0 Å². The predicted molar refractivity (Wildman–Crippen MR) is 131 cm³/mol. The molecule has 0 bridgehead atoms. The van der Waals surface area contributed by atoms with Gasteiger partial charge in [-0.05, 0) is 72.9 Å². The predicted octanol–water partition coefficient (Wildman–Crippen LogP) is 5.80. The van der Waals surface area contributed by atoms with Crippen LogP contribution in [-0.4, -0.2) is 17.6 Å². The lowest BCUT2D eigenvalue weighted by Gasteiger charge is -2.11. The Morgan fingerprint density at radius 2 is 1.61 bits per heavy atom. The Balaban J connectivity index is 1.36. The van der Waals surface area contributed by atoms with Crippen LogP contribution in [0.1, 0.15) is 24.0 Å². The zero-order chi connectivity index (χ0) is 21.9. The zero-order valence-corrected chi connectivity index (χ0v) is 18.7. The van der Waals surface area contributed by atoms with Crippen molar-refractivity contribution < 1.29 is 9.53 Å². The molecule has 160 valence electrons. The van der Waals surface area contributed by atoms with E-state index in [-0.39, 0.29) is 11.0 Å². The standard InChI is InChI=1S/C25H25ClN2O2S/c26-23-11-5-4-10-20(23)12-17-24(29)28-25(31)27-21-13-15-22(16-14-21)30-18-6-9-19-7-2-1-3-8-19/h1-5,7-8,10-11,13-16H,6,9,12,17-18H2,(H2,27,28,29,31). The van der Waals surface area contributed by atoms with Crippen LogP contribution < -0.4 is 15.4 Å². The molecule has 0 aromatic heterocycles. The van der Waals surface area contributed by atoms with E-state index in [9.17, 15) is 4.79 Å². The summed E-state index contributed by atoms with van der Waals surface area (Å²) in [6, 6.07) is 25.4. The molecule has 0 aliphatic heterocycles. The lowest BCUT2D eigenvalue weighted by atomic mass is 10.1. The first-order chi connectivity index (χ1) is 15.1. The average Bonchev–Trinajstić information content (AvgIpc) is 2.78. The first-order valence-corrected chi connectivity index (χ1v) is 11.0. The molecule has 3 aromatic carbocycles. The number of hydrogen-bond acceptors (Lipinski definition) is 3. The van der Waals surface area contributed by atoms with E-state index < -0.39 is 0 Å². The van der Waals surface area contributed by atoms with Crippen molar-refractivity contribution in [3.63, 3.8) is 0 Å². The normalized spacial score (nSPS) is 10.4. The molecule has 0 fully saturated rings. The molecule has 4 nitrogen and oxygen atoms in total. The van der Waals surface area contributed by atoms with Crippen LogP contribution in [-0.2, 0) is 17.6 Å². The topological polar surface area (TPSA) is 50.4 Å². The van der Waals surface area contributed by atoms with Gasteiger partial charge in [0.15, 0.2) is 5.11 Å². The molecule has 0 aliphatic carbocycles. The van der Waals surface area contributed by atoms with Crippen LogP contribution in [0.2, 0.25) is 5.02 Å². The summed E-state index contributed by atoms with van der Waals surface area (Å²) in [5, 5.41) is 6.64. The highest BCUT2D eigenvalue weighted by atomic mass is 35.5. The van der Waals surface area contributed by atoms with E-state index in [0.29, 0.717) is 24.5 Å². The Kier molecular flexibility index (Phi) is 8.88. The molecule has 0 atom stereocenters. The fourth-order valence-electron chi connectivity index (χ4n) is 3.05. The van der Waals surface area contributed by atoms with Gasteiger partial charge in [0.1, 0.15) is 5.75 Å². The number of hydrogen-bond donors (Lipinski definition) is 2. The highest BCUT2D eigenvalue weighted by molar-refractivity contribution is 7.80. The van der Waals surface area contributed by atoms with Crippen molar-refractivity contribution in [3.05, 3.63) is 95.0 Å². The third-order valence-corrected chi connectivity index (χ3v) is 5.24. The van der Waals surface area contributed by atoms with E-state index in [0.717, 1.165) is 29.8 Å². The molecular formula is C25H25ClN2O2S. The number of anilines is 1. The van der Waals surface area contributed by atoms with Crippen LogP contribution >= 0.6 is 23.8 Å². The third kappa shape index (κ3) is 8.04. The van der Waals surface area contributed by atoms with Crippen molar-refractivity contribution in [1.82, 2.24) is 5.32 Å². The maximum absolute atomic E-state index is 12.1. The van der Waals surface area contributed by atoms with E-state index in [1.165, 1.54) is 5.56 Å². The Hall–Kier alpha value is -2.89. The number of rotatable bonds is 9. The van der Waals surface area contributed by atoms with Crippen molar-refractivity contribution in [3.8, 4) is 5.75 Å². The van der Waals surface area contributed by atoms with E-state index >= 15 is 0 Å². The van der Waals surface area contributed by atoms with Gasteiger partial charge in [0, 0.05) is 17.1 Å². The second kappa shape index (κ2) is 12.1. The largest absolute Gasteiger partial charge is 0.494 e. The minimum atomic E-state index is -0.157. The third-order valence-electron chi connectivity index (χ3n) is 4.67. The molecule has 2 N–H and O–H groups in total. The molecule has 0 spiro atoms. The molecular weight excluding hydrogens is 428 g/mol. The first kappa shape index (κ1) is 22.8. The van der Waals surface area contributed by atoms with Crippen LogP contribution in [0, 0.1) is 0 Å². The molecule has 3 rings (SSSR count). The van der Waals surface area contributed by atoms with Gasteiger partial charge in [0.2, 0.25) is 5.91 Å². The Morgan fingerprint density at radius 1 is 0.903 bits per heavy atom. The number of halogens is 1. The average molecular weight is 453 g/mol. The molecule has 0 heterocycles. The van der Waals surface area contributed by atoms with Crippen LogP contribution in [0.4, 0.5) is 5.69 Å². The fourth-order valence-corrected chi connectivity index (χ4v) is 3.51. The highest BCUT2D eigenvalue weighted by Crippen LogP contribution is 2.17. The number of thiocarbonyl (C=S) groups is 1. The quantitative estimate of drug-likeness (QED) is 0.318. The van der Waals surface area contributed by atoms with Crippen molar-refractivity contribution >= 4 is 40.5 Å². The minimum Gasteiger partial charge on any atom is -0.494 e. The fraction of sp³-hybridized carbons (Fsp3) is 0.200. The summed E-state index contributed by atoms with van der Waals surface area (Å²) >= 11 is 11.4. The molecule has 1 amide bonds. The van der Waals surface area contributed by atoms with Crippen molar-refractivity contribution in [1.29, 1.82) is 0 Å². The number of ether oxygens (including phenoxy) is 1. The van der Waals surface area contributed by atoms with E-state index in [4.69, 9.17) is 28.6 Å². The molecule has 0 saturated carbocycles. The molecule has 6 heteroatoms. The summed E-state index contributed by atoms with van der Waals surface area (Å²) in [4.78, 5) is 12.1. The number of nitrogens with one attached hydrogen (secondary N) is 2. The van der Waals surface area contributed by atoms with Gasteiger partial charge in [0.05, 0.1) is 6.61 Å². The smallest absolute Gasteiger partial charge is 0.226 e. The number of benzene rings is 3. The van der Waals surface area contributed by atoms with Crippen LogP contribution in [0.25, 0.3) is 0 Å². The molecule has 0 unspecified atom stereocenters. The second-order valence-corrected chi connectivity index (χ2v) is 7.87. The summed E-state index contributed by atoms with van der Waals surface area (Å²) in [6.07, 6.45) is 2.81. The van der Waals surface area contributed by atoms with Gasteiger partial charge in [-0.25, -0.2) is 0 Å². The summed E-state index contributed by atoms with van der Waals surface area (Å²) in [7, 11) is 0. The molecule has 0 aliphatic rings. The summed E-state index contributed by atoms with van der Waals surface area (Å²) in [5.41, 5.74) is 3.04. The van der Waals surface area contributed by atoms with Crippen molar-refractivity contribution in [2.75, 3.05) is 11.9 Å². The second-order valence-electron chi connectivity index (χ2n) is 7.06. The van der Waals surface area contributed by atoms with E-state index in [2.05, 4.69) is 22.8 Å². The number of aryl methyl sites for hydroxylation is 2. The molecule has 0 saturated heterocycles. The van der Waals surface area contributed by atoms with Gasteiger partial charge in [-0.1, -0.05) is 60.1 Å². The zero-order valence-electron chi connectivity index (χ0n) is 17.1. The Morgan fingerprint density at radius 3 is 2.35 bits per heavy atom. The van der Waals surface area contributed by atoms with Crippen LogP contribution in [0.5, 0.6) is 5.75 Å². The highest BCUT2D eigenvalue weighted by Gasteiger charge is 2.07. The number of carbonyl (C=O) groups is 1. The lowest BCUT2D eigenvalue weighted by molar-refractivity contribution is -0.119.